The van der Waals surface area contributed by atoms with Crippen molar-refractivity contribution < 1.29 is 19.2 Å². The Kier molecular flexibility index (Phi) is 6.65. The van der Waals surface area contributed by atoms with Gasteiger partial charge in [0.05, 0.1) is 12.0 Å². The van der Waals surface area contributed by atoms with Gasteiger partial charge in [-0.15, -0.1) is 5.06 Å². The first-order valence-electron chi connectivity index (χ1n) is 7.87. The maximum Gasteiger partial charge on any atom is 0.330 e. The number of esters is 1. The Balaban J connectivity index is 2.35. The molecule has 1 rings (SSSR count). The van der Waals surface area contributed by atoms with Crippen LogP contribution in [0.4, 0.5) is 0 Å². The molecule has 1 heterocycles. The van der Waals surface area contributed by atoms with Crippen molar-refractivity contribution in [1.29, 1.82) is 0 Å². The summed E-state index contributed by atoms with van der Waals surface area (Å²) in [4.78, 5) is 28.8. The molecule has 1 aliphatic rings. The monoisotopic (exact) mass is 299 g/mol. The second-order valence-electron chi connectivity index (χ2n) is 6.88. The molecule has 1 unspecified atom stereocenters. The van der Waals surface area contributed by atoms with Crippen molar-refractivity contribution in [2.45, 2.75) is 53.9 Å². The van der Waals surface area contributed by atoms with Gasteiger partial charge in [-0.2, -0.15) is 0 Å². The molecule has 5 nitrogen and oxygen atoms in total. The molecule has 5 heteroatoms. The van der Waals surface area contributed by atoms with E-state index in [1.165, 1.54) is 0 Å². The van der Waals surface area contributed by atoms with Gasteiger partial charge in [0.1, 0.15) is 0 Å². The van der Waals surface area contributed by atoms with Crippen LogP contribution in [0.3, 0.4) is 0 Å². The summed E-state index contributed by atoms with van der Waals surface area (Å²) in [5.74, 6) is 0.482. The number of hydrogen-bond acceptors (Lipinski definition) is 5. The Morgan fingerprint density at radius 1 is 1.24 bits per heavy atom. The SMILES string of the molecule is CCOC(=O)CC(C)C1CCN(OC(=O)C(C)(C)C)CC1. The Hall–Kier alpha value is -1.10. The quantitative estimate of drug-likeness (QED) is 0.731. The molecule has 21 heavy (non-hydrogen) atoms. The van der Waals surface area contributed by atoms with Crippen molar-refractivity contribution in [3.63, 3.8) is 0 Å². The standard InChI is InChI=1S/C16H29NO4/c1-6-20-14(18)11-12(2)13-7-9-17(10-8-13)21-15(19)16(3,4)5/h12-13H,6-11H2,1-5H3. The largest absolute Gasteiger partial charge is 0.466 e. The first-order chi connectivity index (χ1) is 9.74. The third-order valence-corrected chi connectivity index (χ3v) is 3.92. The van der Waals surface area contributed by atoms with E-state index in [-0.39, 0.29) is 11.9 Å². The van der Waals surface area contributed by atoms with Crippen LogP contribution in [0.25, 0.3) is 0 Å². The first-order valence-corrected chi connectivity index (χ1v) is 7.87. The molecule has 0 N–H and O–H groups in total. The summed E-state index contributed by atoms with van der Waals surface area (Å²) in [6, 6.07) is 0. The van der Waals surface area contributed by atoms with Crippen LogP contribution in [0.15, 0.2) is 0 Å². The van der Waals surface area contributed by atoms with E-state index in [9.17, 15) is 9.59 Å². The van der Waals surface area contributed by atoms with E-state index in [0.717, 1.165) is 25.9 Å². The fourth-order valence-corrected chi connectivity index (χ4v) is 2.44. The molecule has 0 aromatic rings. The fraction of sp³-hybridized carbons (Fsp3) is 0.875. The highest BCUT2D eigenvalue weighted by molar-refractivity contribution is 5.75. The summed E-state index contributed by atoms with van der Waals surface area (Å²) >= 11 is 0. The number of carbonyl (C=O) groups excluding carboxylic acids is 2. The smallest absolute Gasteiger partial charge is 0.330 e. The maximum atomic E-state index is 11.8. The highest BCUT2D eigenvalue weighted by Gasteiger charge is 2.30. The summed E-state index contributed by atoms with van der Waals surface area (Å²) in [6.45, 7) is 11.4. The number of ether oxygens (including phenoxy) is 1. The van der Waals surface area contributed by atoms with Gasteiger partial charge in [-0.3, -0.25) is 4.79 Å². The molecule has 0 aliphatic carbocycles. The van der Waals surface area contributed by atoms with Crippen molar-refractivity contribution in [2.75, 3.05) is 19.7 Å². The minimum absolute atomic E-state index is 0.119. The van der Waals surface area contributed by atoms with Gasteiger partial charge in [-0.25, -0.2) is 4.79 Å². The zero-order valence-corrected chi connectivity index (χ0v) is 14.0. The van der Waals surface area contributed by atoms with E-state index in [0.29, 0.717) is 24.9 Å². The number of rotatable bonds is 5. The molecular weight excluding hydrogens is 270 g/mol. The van der Waals surface area contributed by atoms with E-state index in [1.54, 1.807) is 5.06 Å². The van der Waals surface area contributed by atoms with Crippen LogP contribution in [-0.2, 0) is 19.2 Å². The highest BCUT2D eigenvalue weighted by atomic mass is 16.7. The van der Waals surface area contributed by atoms with Crippen molar-refractivity contribution >= 4 is 11.9 Å². The van der Waals surface area contributed by atoms with Crippen LogP contribution >= 0.6 is 0 Å². The van der Waals surface area contributed by atoms with Gasteiger partial charge in [0.25, 0.3) is 0 Å². The number of carbonyl (C=O) groups is 2. The number of hydroxylamine groups is 2. The predicted molar refractivity (Wildman–Crippen MR) is 80.3 cm³/mol. The van der Waals surface area contributed by atoms with Crippen molar-refractivity contribution in [1.82, 2.24) is 5.06 Å². The summed E-state index contributed by atoms with van der Waals surface area (Å²) in [5, 5.41) is 1.75. The summed E-state index contributed by atoms with van der Waals surface area (Å²) in [5.41, 5.74) is -0.478. The van der Waals surface area contributed by atoms with E-state index in [2.05, 4.69) is 6.92 Å². The summed E-state index contributed by atoms with van der Waals surface area (Å²) < 4.78 is 5.00. The molecule has 0 aromatic carbocycles. The summed E-state index contributed by atoms with van der Waals surface area (Å²) in [6.07, 6.45) is 2.36. The van der Waals surface area contributed by atoms with Gasteiger partial charge in [0.15, 0.2) is 0 Å². The van der Waals surface area contributed by atoms with Crippen LogP contribution in [0.5, 0.6) is 0 Å². The maximum absolute atomic E-state index is 11.8. The molecular formula is C16H29NO4. The van der Waals surface area contributed by atoms with Crippen LogP contribution in [-0.4, -0.2) is 36.7 Å². The number of piperidine rings is 1. The van der Waals surface area contributed by atoms with Gasteiger partial charge < -0.3 is 9.57 Å². The molecule has 0 radical (unpaired) electrons. The molecule has 0 spiro atoms. The van der Waals surface area contributed by atoms with Gasteiger partial charge >= 0.3 is 11.9 Å². The second kappa shape index (κ2) is 7.78. The molecule has 122 valence electrons. The van der Waals surface area contributed by atoms with Gasteiger partial charge in [0.2, 0.25) is 0 Å². The Morgan fingerprint density at radius 3 is 2.29 bits per heavy atom. The molecule has 1 saturated heterocycles. The third kappa shape index (κ3) is 6.04. The van der Waals surface area contributed by atoms with Crippen LogP contribution in [0.1, 0.15) is 53.9 Å². The molecule has 1 aliphatic heterocycles. The van der Waals surface area contributed by atoms with Crippen LogP contribution in [0.2, 0.25) is 0 Å². The van der Waals surface area contributed by atoms with E-state index in [1.807, 2.05) is 27.7 Å². The van der Waals surface area contributed by atoms with Crippen LogP contribution < -0.4 is 0 Å². The highest BCUT2D eigenvalue weighted by Crippen LogP contribution is 2.28. The Morgan fingerprint density at radius 2 is 1.81 bits per heavy atom. The average molecular weight is 299 g/mol. The predicted octanol–water partition coefficient (Wildman–Crippen LogP) is 2.79. The minimum Gasteiger partial charge on any atom is -0.466 e. The minimum atomic E-state index is -0.478. The zero-order chi connectivity index (χ0) is 16.0. The van der Waals surface area contributed by atoms with Crippen molar-refractivity contribution in [3.05, 3.63) is 0 Å². The Bertz CT molecular complexity index is 354. The molecule has 0 amide bonds. The van der Waals surface area contributed by atoms with E-state index >= 15 is 0 Å². The molecule has 0 aromatic heterocycles. The average Bonchev–Trinajstić information content (AvgIpc) is 2.38. The lowest BCUT2D eigenvalue weighted by molar-refractivity contribution is -0.206. The molecule has 1 fully saturated rings. The number of nitrogens with zero attached hydrogens (tertiary/aromatic N) is 1. The van der Waals surface area contributed by atoms with Gasteiger partial charge in [-0.05, 0) is 52.4 Å². The van der Waals surface area contributed by atoms with Crippen LogP contribution in [0, 0.1) is 17.3 Å². The van der Waals surface area contributed by atoms with E-state index < -0.39 is 5.41 Å². The van der Waals surface area contributed by atoms with Gasteiger partial charge in [-0.1, -0.05) is 6.92 Å². The fourth-order valence-electron chi connectivity index (χ4n) is 2.44. The molecule has 0 saturated carbocycles. The lowest BCUT2D eigenvalue weighted by atomic mass is 9.84. The topological polar surface area (TPSA) is 55.8 Å². The Labute approximate surface area is 127 Å². The van der Waals surface area contributed by atoms with E-state index in [4.69, 9.17) is 9.57 Å². The molecule has 1 atom stereocenters. The lowest BCUT2D eigenvalue weighted by Crippen LogP contribution is -2.40. The summed E-state index contributed by atoms with van der Waals surface area (Å²) in [7, 11) is 0. The zero-order valence-electron chi connectivity index (χ0n) is 14.0. The first kappa shape index (κ1) is 18.0. The normalized spacial score (nSPS) is 19.1. The molecule has 0 bridgehead atoms. The van der Waals surface area contributed by atoms with Crippen molar-refractivity contribution in [3.8, 4) is 0 Å². The van der Waals surface area contributed by atoms with Gasteiger partial charge in [0, 0.05) is 19.5 Å². The third-order valence-electron chi connectivity index (χ3n) is 3.92. The lowest BCUT2D eigenvalue weighted by Gasteiger charge is -2.34. The second-order valence-corrected chi connectivity index (χ2v) is 6.88. The van der Waals surface area contributed by atoms with Crippen molar-refractivity contribution in [2.24, 2.45) is 17.3 Å². The number of hydrogen-bond donors (Lipinski definition) is 0.